The van der Waals surface area contributed by atoms with Crippen LogP contribution in [-0.4, -0.2) is 58.2 Å². The van der Waals surface area contributed by atoms with Crippen molar-refractivity contribution in [1.82, 2.24) is 19.6 Å². The fraction of sp³-hybridized carbons (Fsp3) is 0.542. The highest BCUT2D eigenvalue weighted by Crippen LogP contribution is 2.30. The van der Waals surface area contributed by atoms with Gasteiger partial charge >= 0.3 is 6.18 Å². The Labute approximate surface area is 191 Å². The van der Waals surface area contributed by atoms with Crippen molar-refractivity contribution >= 4 is 5.91 Å². The summed E-state index contributed by atoms with van der Waals surface area (Å²) in [6, 6.07) is 5.94. The molecule has 0 spiro atoms. The molecule has 0 unspecified atom stereocenters. The van der Waals surface area contributed by atoms with Gasteiger partial charge in [-0.2, -0.15) is 18.3 Å². The van der Waals surface area contributed by atoms with E-state index < -0.39 is 23.1 Å². The number of carbonyl (C=O) groups excluding carboxylic acids is 1. The van der Waals surface area contributed by atoms with Crippen LogP contribution >= 0.6 is 0 Å². The van der Waals surface area contributed by atoms with Gasteiger partial charge in [-0.1, -0.05) is 25.3 Å². The van der Waals surface area contributed by atoms with E-state index in [0.717, 1.165) is 37.7 Å². The Bertz CT molecular complexity index is 1050. The van der Waals surface area contributed by atoms with Crippen LogP contribution < -0.4 is 5.43 Å². The van der Waals surface area contributed by atoms with Crippen LogP contribution in [0.5, 0.6) is 0 Å². The minimum Gasteiger partial charge on any atom is -0.335 e. The minimum atomic E-state index is -4.50. The number of alkyl halides is 3. The summed E-state index contributed by atoms with van der Waals surface area (Å²) < 4.78 is 40.6. The summed E-state index contributed by atoms with van der Waals surface area (Å²) in [4.78, 5) is 29.6. The Balaban J connectivity index is 1.49. The molecule has 1 saturated heterocycles. The van der Waals surface area contributed by atoms with E-state index in [2.05, 4.69) is 10.00 Å². The van der Waals surface area contributed by atoms with Gasteiger partial charge in [-0.3, -0.25) is 14.5 Å². The van der Waals surface area contributed by atoms with Crippen LogP contribution in [0.4, 0.5) is 13.2 Å². The van der Waals surface area contributed by atoms with Gasteiger partial charge in [0.1, 0.15) is 0 Å². The fourth-order valence-corrected chi connectivity index (χ4v) is 4.79. The molecule has 4 rings (SSSR count). The topological polar surface area (TPSA) is 58.4 Å². The quantitative estimate of drug-likeness (QED) is 0.692. The molecular formula is C24H29F3N4O2. The maximum Gasteiger partial charge on any atom is 0.416 e. The summed E-state index contributed by atoms with van der Waals surface area (Å²) in [6.45, 7) is 5.13. The Kier molecular flexibility index (Phi) is 6.88. The lowest BCUT2D eigenvalue weighted by molar-refractivity contribution is -0.137. The number of rotatable bonds is 4. The largest absolute Gasteiger partial charge is 0.416 e. The van der Waals surface area contributed by atoms with E-state index in [-0.39, 0.29) is 11.4 Å². The maximum absolute atomic E-state index is 13.1. The SMILES string of the molecule is Cc1cc(=O)c(C(=O)N2CCN(CC3CCCCC3)CC2)nn1-c1cccc(C(F)(F)F)c1. The molecule has 178 valence electrons. The second kappa shape index (κ2) is 9.67. The van der Waals surface area contributed by atoms with Crippen molar-refractivity contribution < 1.29 is 18.0 Å². The van der Waals surface area contributed by atoms with Crippen LogP contribution in [0.15, 0.2) is 35.1 Å². The van der Waals surface area contributed by atoms with E-state index in [0.29, 0.717) is 18.8 Å². The predicted octanol–water partition coefficient (Wildman–Crippen LogP) is 3.90. The molecule has 0 atom stereocenters. The molecule has 33 heavy (non-hydrogen) atoms. The third-order valence-corrected chi connectivity index (χ3v) is 6.63. The molecule has 0 N–H and O–H groups in total. The lowest BCUT2D eigenvalue weighted by Crippen LogP contribution is -2.50. The second-order valence-corrected chi connectivity index (χ2v) is 9.06. The number of hydrogen-bond donors (Lipinski definition) is 0. The van der Waals surface area contributed by atoms with Gasteiger partial charge in [0, 0.05) is 44.5 Å². The van der Waals surface area contributed by atoms with Crippen molar-refractivity contribution in [3.63, 3.8) is 0 Å². The summed E-state index contributed by atoms with van der Waals surface area (Å²) in [5, 5.41) is 4.18. The molecule has 2 heterocycles. The van der Waals surface area contributed by atoms with Gasteiger partial charge in [-0.15, -0.1) is 0 Å². The summed E-state index contributed by atoms with van der Waals surface area (Å²) >= 11 is 0. The van der Waals surface area contributed by atoms with Gasteiger partial charge in [0.25, 0.3) is 5.91 Å². The number of piperazine rings is 1. The molecule has 1 amide bonds. The number of hydrogen-bond acceptors (Lipinski definition) is 4. The van der Waals surface area contributed by atoms with Crippen molar-refractivity contribution in [3.8, 4) is 5.69 Å². The highest BCUT2D eigenvalue weighted by Gasteiger charge is 2.31. The first-order valence-electron chi connectivity index (χ1n) is 11.5. The average Bonchev–Trinajstić information content (AvgIpc) is 2.79. The first kappa shape index (κ1) is 23.5. The standard InChI is InChI=1S/C24H29F3N4O2/c1-17-14-21(32)22(28-31(17)20-9-5-8-19(15-20)24(25,26)27)23(33)30-12-10-29(11-13-30)16-18-6-3-2-4-7-18/h5,8-9,14-15,18H,2-4,6-7,10-13,16H2,1H3. The monoisotopic (exact) mass is 462 g/mol. The molecule has 2 fully saturated rings. The summed E-state index contributed by atoms with van der Waals surface area (Å²) in [7, 11) is 0. The number of carbonyl (C=O) groups is 1. The molecule has 1 aliphatic carbocycles. The Hall–Kier alpha value is -2.68. The highest BCUT2D eigenvalue weighted by atomic mass is 19.4. The molecule has 1 aliphatic heterocycles. The zero-order valence-electron chi connectivity index (χ0n) is 18.8. The van der Waals surface area contributed by atoms with E-state index in [1.807, 2.05) is 0 Å². The molecule has 6 nitrogen and oxygen atoms in total. The lowest BCUT2D eigenvalue weighted by atomic mass is 9.89. The van der Waals surface area contributed by atoms with Gasteiger partial charge in [-0.05, 0) is 43.9 Å². The maximum atomic E-state index is 13.1. The molecule has 2 aromatic rings. The Morgan fingerprint density at radius 2 is 1.76 bits per heavy atom. The zero-order valence-corrected chi connectivity index (χ0v) is 18.8. The normalized spacial score (nSPS) is 18.5. The number of benzene rings is 1. The van der Waals surface area contributed by atoms with Crippen LogP contribution in [0.2, 0.25) is 0 Å². The van der Waals surface area contributed by atoms with Crippen molar-refractivity contribution in [1.29, 1.82) is 0 Å². The first-order valence-corrected chi connectivity index (χ1v) is 11.5. The number of amides is 1. The van der Waals surface area contributed by atoms with Crippen LogP contribution in [0, 0.1) is 12.8 Å². The van der Waals surface area contributed by atoms with Gasteiger partial charge in [0.05, 0.1) is 11.3 Å². The van der Waals surface area contributed by atoms with Gasteiger partial charge in [-0.25, -0.2) is 4.68 Å². The molecule has 0 bridgehead atoms. The van der Waals surface area contributed by atoms with E-state index in [1.165, 1.54) is 55.0 Å². The molecule has 2 aliphatic rings. The fourth-order valence-electron chi connectivity index (χ4n) is 4.79. The average molecular weight is 463 g/mol. The number of halogens is 3. The molecule has 1 saturated carbocycles. The van der Waals surface area contributed by atoms with Crippen molar-refractivity contribution in [3.05, 3.63) is 57.5 Å². The van der Waals surface area contributed by atoms with E-state index in [1.54, 1.807) is 11.8 Å². The summed E-state index contributed by atoms with van der Waals surface area (Å²) in [6.07, 6.45) is 1.93. The third-order valence-electron chi connectivity index (χ3n) is 6.63. The number of nitrogens with zero attached hydrogens (tertiary/aromatic N) is 4. The van der Waals surface area contributed by atoms with E-state index in [9.17, 15) is 22.8 Å². The van der Waals surface area contributed by atoms with Crippen molar-refractivity contribution in [2.45, 2.75) is 45.2 Å². The van der Waals surface area contributed by atoms with E-state index >= 15 is 0 Å². The van der Waals surface area contributed by atoms with Crippen LogP contribution in [-0.2, 0) is 6.18 Å². The molecule has 1 aromatic carbocycles. The second-order valence-electron chi connectivity index (χ2n) is 9.06. The van der Waals surface area contributed by atoms with Gasteiger partial charge < -0.3 is 4.90 Å². The van der Waals surface area contributed by atoms with Crippen LogP contribution in [0.3, 0.4) is 0 Å². The molecular weight excluding hydrogens is 433 g/mol. The molecule has 1 aromatic heterocycles. The van der Waals surface area contributed by atoms with Gasteiger partial charge in [0.15, 0.2) is 5.69 Å². The van der Waals surface area contributed by atoms with Crippen LogP contribution in [0.1, 0.15) is 53.8 Å². The highest BCUT2D eigenvalue weighted by molar-refractivity contribution is 5.92. The molecule has 9 heteroatoms. The zero-order chi connectivity index (χ0) is 23.6. The van der Waals surface area contributed by atoms with Gasteiger partial charge in [0.2, 0.25) is 5.43 Å². The lowest BCUT2D eigenvalue weighted by Gasteiger charge is -2.37. The minimum absolute atomic E-state index is 0.147. The van der Waals surface area contributed by atoms with Crippen molar-refractivity contribution in [2.24, 2.45) is 5.92 Å². The summed E-state index contributed by atoms with van der Waals surface area (Å²) in [5.41, 5.74) is -1.10. The summed E-state index contributed by atoms with van der Waals surface area (Å²) in [5.74, 6) is 0.248. The third kappa shape index (κ3) is 5.46. The van der Waals surface area contributed by atoms with Crippen molar-refractivity contribution in [2.75, 3.05) is 32.7 Å². The first-order chi connectivity index (χ1) is 15.7. The Morgan fingerprint density at radius 3 is 2.42 bits per heavy atom. The molecule has 0 radical (unpaired) electrons. The Morgan fingerprint density at radius 1 is 1.06 bits per heavy atom. The van der Waals surface area contributed by atoms with E-state index in [4.69, 9.17) is 0 Å². The number of aryl methyl sites for hydroxylation is 1. The van der Waals surface area contributed by atoms with Crippen LogP contribution in [0.25, 0.3) is 5.69 Å². The predicted molar refractivity (Wildman–Crippen MR) is 118 cm³/mol. The smallest absolute Gasteiger partial charge is 0.335 e. The number of aromatic nitrogens is 2.